The summed E-state index contributed by atoms with van der Waals surface area (Å²) >= 11 is 1.39. The molecule has 1 aromatic heterocycles. The summed E-state index contributed by atoms with van der Waals surface area (Å²) in [5.74, 6) is -0.313. The Morgan fingerprint density at radius 2 is 2.25 bits per heavy atom. The van der Waals surface area contributed by atoms with Crippen molar-refractivity contribution in [2.75, 3.05) is 25.6 Å². The lowest BCUT2D eigenvalue weighted by Crippen LogP contribution is -2.12. The molecular weight excluding hydrogens is 272 g/mol. The Labute approximate surface area is 122 Å². The number of benzene rings is 1. The summed E-state index contributed by atoms with van der Waals surface area (Å²) < 4.78 is 4.78. The van der Waals surface area contributed by atoms with E-state index in [2.05, 4.69) is 35.1 Å². The number of esters is 1. The van der Waals surface area contributed by atoms with Crippen LogP contribution in [0.1, 0.15) is 20.9 Å². The van der Waals surface area contributed by atoms with Gasteiger partial charge >= 0.3 is 5.97 Å². The van der Waals surface area contributed by atoms with Crippen LogP contribution >= 0.6 is 11.3 Å². The van der Waals surface area contributed by atoms with Crippen molar-refractivity contribution in [2.45, 2.75) is 13.3 Å². The van der Waals surface area contributed by atoms with Gasteiger partial charge in [-0.15, -0.1) is 11.3 Å². The Morgan fingerprint density at radius 1 is 1.45 bits per heavy atom. The Bertz CT molecular complexity index is 679. The molecule has 0 N–H and O–H groups in total. The molecule has 3 rings (SSSR count). The Balaban J connectivity index is 2.00. The Morgan fingerprint density at radius 3 is 3.00 bits per heavy atom. The maximum Gasteiger partial charge on any atom is 0.349 e. The highest BCUT2D eigenvalue weighted by Crippen LogP contribution is 2.34. The van der Waals surface area contributed by atoms with Crippen molar-refractivity contribution >= 4 is 23.0 Å². The number of rotatable bonds is 2. The number of fused-ring (bicyclic) bond motifs is 1. The number of carbonyl (C=O) groups is 1. The molecule has 0 unspecified atom stereocenters. The van der Waals surface area contributed by atoms with E-state index >= 15 is 0 Å². The second kappa shape index (κ2) is 4.90. The number of carbonyl (C=O) groups excluding carboxylic acids is 1. The van der Waals surface area contributed by atoms with Crippen LogP contribution in [0.3, 0.4) is 0 Å². The van der Waals surface area contributed by atoms with Crippen molar-refractivity contribution in [1.82, 2.24) is 4.98 Å². The van der Waals surface area contributed by atoms with Gasteiger partial charge in [0.1, 0.15) is 9.88 Å². The second-order valence-corrected chi connectivity index (χ2v) is 5.94. The third kappa shape index (κ3) is 2.08. The quantitative estimate of drug-likeness (QED) is 0.797. The van der Waals surface area contributed by atoms with Gasteiger partial charge in [0.15, 0.2) is 0 Å². The van der Waals surface area contributed by atoms with Crippen molar-refractivity contribution < 1.29 is 9.53 Å². The topological polar surface area (TPSA) is 42.4 Å². The smallest absolute Gasteiger partial charge is 0.349 e. The zero-order valence-corrected chi connectivity index (χ0v) is 12.6. The molecule has 2 aromatic rings. The van der Waals surface area contributed by atoms with Crippen LogP contribution in [-0.2, 0) is 11.2 Å². The number of ether oxygens (including phenoxy) is 1. The molecule has 20 heavy (non-hydrogen) atoms. The van der Waals surface area contributed by atoms with Crippen LogP contribution in [0.15, 0.2) is 18.2 Å². The van der Waals surface area contributed by atoms with Gasteiger partial charge in [-0.1, -0.05) is 0 Å². The molecular formula is C15H16N2O2S. The zero-order valence-electron chi connectivity index (χ0n) is 11.8. The Kier molecular flexibility index (Phi) is 3.22. The highest BCUT2D eigenvalue weighted by Gasteiger charge is 2.19. The first-order valence-electron chi connectivity index (χ1n) is 6.50. The predicted molar refractivity (Wildman–Crippen MR) is 80.6 cm³/mol. The van der Waals surface area contributed by atoms with Crippen LogP contribution in [0.25, 0.3) is 10.6 Å². The average Bonchev–Trinajstić information content (AvgIpc) is 3.02. The molecule has 0 spiro atoms. The first kappa shape index (κ1) is 13.1. The minimum Gasteiger partial charge on any atom is -0.465 e. The van der Waals surface area contributed by atoms with E-state index in [1.54, 1.807) is 0 Å². The van der Waals surface area contributed by atoms with E-state index in [1.807, 2.05) is 6.92 Å². The molecule has 1 aromatic carbocycles. The van der Waals surface area contributed by atoms with Crippen LogP contribution in [-0.4, -0.2) is 31.7 Å². The highest BCUT2D eigenvalue weighted by molar-refractivity contribution is 7.17. The fourth-order valence-corrected chi connectivity index (χ4v) is 3.48. The monoisotopic (exact) mass is 288 g/mol. The largest absolute Gasteiger partial charge is 0.465 e. The van der Waals surface area contributed by atoms with Crippen molar-refractivity contribution in [3.63, 3.8) is 0 Å². The second-order valence-electron chi connectivity index (χ2n) is 4.94. The van der Waals surface area contributed by atoms with Gasteiger partial charge in [0, 0.05) is 24.8 Å². The molecule has 0 atom stereocenters. The van der Waals surface area contributed by atoms with E-state index < -0.39 is 0 Å². The molecule has 4 nitrogen and oxygen atoms in total. The number of aromatic nitrogens is 1. The fourth-order valence-electron chi connectivity index (χ4n) is 2.50. The first-order valence-corrected chi connectivity index (χ1v) is 7.32. The van der Waals surface area contributed by atoms with E-state index in [9.17, 15) is 4.79 Å². The highest BCUT2D eigenvalue weighted by atomic mass is 32.1. The molecule has 5 heteroatoms. The van der Waals surface area contributed by atoms with E-state index in [-0.39, 0.29) is 5.97 Å². The van der Waals surface area contributed by atoms with Gasteiger partial charge in [-0.05, 0) is 37.1 Å². The molecule has 1 aliphatic heterocycles. The summed E-state index contributed by atoms with van der Waals surface area (Å²) in [7, 11) is 3.50. The van der Waals surface area contributed by atoms with Gasteiger partial charge < -0.3 is 9.64 Å². The van der Waals surface area contributed by atoms with E-state index in [4.69, 9.17) is 4.74 Å². The zero-order chi connectivity index (χ0) is 14.3. The molecule has 0 amide bonds. The van der Waals surface area contributed by atoms with Gasteiger partial charge in [0.2, 0.25) is 0 Å². The lowest BCUT2D eigenvalue weighted by Gasteiger charge is -2.11. The minimum atomic E-state index is -0.313. The predicted octanol–water partition coefficient (Wildman–Crippen LogP) is 2.90. The van der Waals surface area contributed by atoms with Gasteiger partial charge in [0.05, 0.1) is 12.8 Å². The molecule has 0 bridgehead atoms. The van der Waals surface area contributed by atoms with Gasteiger partial charge in [-0.25, -0.2) is 9.78 Å². The maximum atomic E-state index is 11.7. The molecule has 2 heterocycles. The SMILES string of the molecule is COC(=O)c1sc(-c2ccc3c(c2)CCN3C)nc1C. The van der Waals surface area contributed by atoms with Crippen molar-refractivity contribution in [3.8, 4) is 10.6 Å². The van der Waals surface area contributed by atoms with Crippen molar-refractivity contribution in [2.24, 2.45) is 0 Å². The standard InChI is InChI=1S/C15H16N2O2S/c1-9-13(15(18)19-3)20-14(16-9)11-4-5-12-10(8-11)6-7-17(12)2/h4-5,8H,6-7H2,1-3H3. The normalized spacial score (nSPS) is 13.4. The summed E-state index contributed by atoms with van der Waals surface area (Å²) in [5.41, 5.74) is 4.43. The van der Waals surface area contributed by atoms with Crippen molar-refractivity contribution in [3.05, 3.63) is 34.3 Å². The summed E-state index contributed by atoms with van der Waals surface area (Å²) in [6.45, 7) is 2.90. The molecule has 0 aliphatic carbocycles. The number of anilines is 1. The third-order valence-corrected chi connectivity index (χ3v) is 4.81. The molecule has 104 valence electrons. The lowest BCUT2D eigenvalue weighted by atomic mass is 10.1. The molecule has 1 aliphatic rings. The van der Waals surface area contributed by atoms with Gasteiger partial charge in [-0.3, -0.25) is 0 Å². The minimum absolute atomic E-state index is 0.313. The third-order valence-electron chi connectivity index (χ3n) is 3.62. The number of methoxy groups -OCH3 is 1. The maximum absolute atomic E-state index is 11.7. The van der Waals surface area contributed by atoms with Crippen LogP contribution < -0.4 is 4.90 Å². The Hall–Kier alpha value is -1.88. The average molecular weight is 288 g/mol. The number of hydrogen-bond donors (Lipinski definition) is 0. The summed E-state index contributed by atoms with van der Waals surface area (Å²) in [5, 5.41) is 0.875. The summed E-state index contributed by atoms with van der Waals surface area (Å²) in [6, 6.07) is 6.38. The number of hydrogen-bond acceptors (Lipinski definition) is 5. The summed E-state index contributed by atoms with van der Waals surface area (Å²) in [4.78, 5) is 19.0. The van der Waals surface area contributed by atoms with Gasteiger partial charge in [0.25, 0.3) is 0 Å². The van der Waals surface area contributed by atoms with Crippen LogP contribution in [0.4, 0.5) is 5.69 Å². The van der Waals surface area contributed by atoms with Crippen LogP contribution in [0.5, 0.6) is 0 Å². The van der Waals surface area contributed by atoms with Crippen LogP contribution in [0.2, 0.25) is 0 Å². The summed E-state index contributed by atoms with van der Waals surface area (Å²) in [6.07, 6.45) is 1.06. The number of likely N-dealkylation sites (N-methyl/N-ethyl adjacent to an activating group) is 1. The van der Waals surface area contributed by atoms with Crippen LogP contribution in [0, 0.1) is 6.92 Å². The van der Waals surface area contributed by atoms with Gasteiger partial charge in [-0.2, -0.15) is 0 Å². The number of aryl methyl sites for hydroxylation is 1. The molecule has 0 fully saturated rings. The lowest BCUT2D eigenvalue weighted by molar-refractivity contribution is 0.0605. The number of nitrogens with zero attached hydrogens (tertiary/aromatic N) is 2. The molecule has 0 radical (unpaired) electrons. The fraction of sp³-hybridized carbons (Fsp3) is 0.333. The van der Waals surface area contributed by atoms with E-state index in [0.717, 1.165) is 29.2 Å². The first-order chi connectivity index (χ1) is 9.60. The molecule has 0 saturated heterocycles. The van der Waals surface area contributed by atoms with E-state index in [0.29, 0.717) is 4.88 Å². The van der Waals surface area contributed by atoms with Crippen molar-refractivity contribution in [1.29, 1.82) is 0 Å². The molecule has 0 saturated carbocycles. The van der Waals surface area contributed by atoms with E-state index in [1.165, 1.54) is 29.7 Å². The number of thiazole rings is 1.